The average Bonchev–Trinajstić information content (AvgIpc) is 3.39. The number of rotatable bonds is 4. The molecule has 0 unspecified atom stereocenters. The molecule has 3 N–H and O–H groups in total. The quantitative estimate of drug-likeness (QED) is 0.501. The number of pyridine rings is 1. The van der Waals surface area contributed by atoms with Gasteiger partial charge in [-0.3, -0.25) is 4.57 Å². The van der Waals surface area contributed by atoms with Crippen LogP contribution in [0.25, 0.3) is 38.9 Å². The second-order valence-electron chi connectivity index (χ2n) is 6.63. The number of methoxy groups -OCH3 is 1. The van der Waals surface area contributed by atoms with Gasteiger partial charge in [0.2, 0.25) is 0 Å². The maximum atomic E-state index is 5.77. The van der Waals surface area contributed by atoms with Crippen molar-refractivity contribution in [3.8, 4) is 22.6 Å². The average molecular weight is 369 g/mol. The van der Waals surface area contributed by atoms with E-state index in [4.69, 9.17) is 10.5 Å². The Bertz CT molecular complexity index is 1300. The smallest absolute Gasteiger partial charge is 0.143 e. The summed E-state index contributed by atoms with van der Waals surface area (Å²) in [5.74, 6) is 0.768. The molecule has 0 saturated heterocycles. The zero-order chi connectivity index (χ0) is 19.1. The van der Waals surface area contributed by atoms with Gasteiger partial charge >= 0.3 is 0 Å². The number of aromatic nitrogens is 4. The van der Waals surface area contributed by atoms with Crippen molar-refractivity contribution < 1.29 is 4.74 Å². The molecule has 5 aromatic rings. The molecule has 0 aliphatic carbocycles. The highest BCUT2D eigenvalue weighted by Gasteiger charge is 2.13. The van der Waals surface area contributed by atoms with E-state index in [-0.39, 0.29) is 0 Å². The topological polar surface area (TPSA) is 81.8 Å². The highest BCUT2D eigenvalue weighted by atomic mass is 16.5. The van der Waals surface area contributed by atoms with E-state index in [1.807, 2.05) is 59.7 Å². The largest absolute Gasteiger partial charge is 0.495 e. The molecular weight excluding hydrogens is 350 g/mol. The SMILES string of the molecule is COc1cc(CN)ccc1-n1cnc2ccc(-c3ccnc4[nH]ccc34)cc21. The summed E-state index contributed by atoms with van der Waals surface area (Å²) in [6.07, 6.45) is 5.56. The predicted octanol–water partition coefficient (Wildman–Crippen LogP) is 4.04. The Morgan fingerprint density at radius 1 is 1.07 bits per heavy atom. The second-order valence-corrected chi connectivity index (χ2v) is 6.63. The minimum Gasteiger partial charge on any atom is -0.495 e. The van der Waals surface area contributed by atoms with E-state index in [2.05, 4.69) is 27.1 Å². The molecule has 0 atom stereocenters. The number of ether oxygens (including phenoxy) is 1. The first kappa shape index (κ1) is 16.5. The van der Waals surface area contributed by atoms with Crippen LogP contribution in [0, 0.1) is 0 Å². The van der Waals surface area contributed by atoms with Crippen molar-refractivity contribution in [1.82, 2.24) is 19.5 Å². The number of nitrogens with two attached hydrogens (primary N) is 1. The molecule has 0 saturated carbocycles. The van der Waals surface area contributed by atoms with Crippen molar-refractivity contribution in [1.29, 1.82) is 0 Å². The van der Waals surface area contributed by atoms with Crippen LogP contribution in [0.1, 0.15) is 5.56 Å². The molecule has 0 bridgehead atoms. The van der Waals surface area contributed by atoms with Crippen LogP contribution in [-0.4, -0.2) is 26.6 Å². The molecular formula is C22H19N5O. The van der Waals surface area contributed by atoms with Gasteiger partial charge in [-0.05, 0) is 53.1 Å². The van der Waals surface area contributed by atoms with Crippen LogP contribution < -0.4 is 10.5 Å². The predicted molar refractivity (Wildman–Crippen MR) is 111 cm³/mol. The lowest BCUT2D eigenvalue weighted by atomic mass is 10.0. The van der Waals surface area contributed by atoms with Crippen molar-refractivity contribution >= 4 is 22.1 Å². The van der Waals surface area contributed by atoms with E-state index >= 15 is 0 Å². The van der Waals surface area contributed by atoms with Crippen LogP contribution in [0.3, 0.4) is 0 Å². The van der Waals surface area contributed by atoms with Gasteiger partial charge in [-0.1, -0.05) is 12.1 Å². The first-order chi connectivity index (χ1) is 13.8. The number of H-pyrrole nitrogens is 1. The van der Waals surface area contributed by atoms with E-state index in [0.717, 1.165) is 50.2 Å². The zero-order valence-corrected chi connectivity index (χ0v) is 15.4. The molecule has 6 nitrogen and oxygen atoms in total. The van der Waals surface area contributed by atoms with Crippen molar-refractivity contribution in [3.63, 3.8) is 0 Å². The van der Waals surface area contributed by atoms with Crippen LogP contribution in [0.2, 0.25) is 0 Å². The van der Waals surface area contributed by atoms with E-state index in [9.17, 15) is 0 Å². The monoisotopic (exact) mass is 369 g/mol. The molecule has 138 valence electrons. The fraction of sp³-hybridized carbons (Fsp3) is 0.0909. The molecule has 0 aliphatic heterocycles. The third-order valence-electron chi connectivity index (χ3n) is 5.06. The molecule has 2 aromatic carbocycles. The third-order valence-corrected chi connectivity index (χ3v) is 5.06. The Hall–Kier alpha value is -3.64. The maximum Gasteiger partial charge on any atom is 0.143 e. The lowest BCUT2D eigenvalue weighted by Gasteiger charge is -2.12. The van der Waals surface area contributed by atoms with Crippen molar-refractivity contribution in [3.05, 3.63) is 72.8 Å². The van der Waals surface area contributed by atoms with Crippen molar-refractivity contribution in [2.75, 3.05) is 7.11 Å². The summed E-state index contributed by atoms with van der Waals surface area (Å²) in [4.78, 5) is 12.1. The highest BCUT2D eigenvalue weighted by molar-refractivity contribution is 5.95. The Labute approximate surface area is 161 Å². The molecule has 3 heterocycles. The lowest BCUT2D eigenvalue weighted by Crippen LogP contribution is -2.01. The van der Waals surface area contributed by atoms with Gasteiger partial charge in [-0.15, -0.1) is 0 Å². The third kappa shape index (κ3) is 2.54. The summed E-state index contributed by atoms with van der Waals surface area (Å²) in [5.41, 5.74) is 12.8. The normalized spacial score (nSPS) is 11.4. The van der Waals surface area contributed by atoms with Gasteiger partial charge in [0.25, 0.3) is 0 Å². The maximum absolute atomic E-state index is 5.77. The fourth-order valence-electron chi connectivity index (χ4n) is 3.63. The van der Waals surface area contributed by atoms with Gasteiger partial charge in [-0.2, -0.15) is 0 Å². The molecule has 28 heavy (non-hydrogen) atoms. The fourth-order valence-corrected chi connectivity index (χ4v) is 3.63. The number of hydrogen-bond donors (Lipinski definition) is 2. The number of hydrogen-bond acceptors (Lipinski definition) is 4. The van der Waals surface area contributed by atoms with Gasteiger partial charge in [0, 0.05) is 24.3 Å². The van der Waals surface area contributed by atoms with Crippen LogP contribution in [-0.2, 0) is 6.54 Å². The first-order valence-corrected chi connectivity index (χ1v) is 9.05. The van der Waals surface area contributed by atoms with Crippen LogP contribution in [0.5, 0.6) is 5.75 Å². The highest BCUT2D eigenvalue weighted by Crippen LogP contribution is 2.32. The summed E-state index contributed by atoms with van der Waals surface area (Å²) in [5, 5.41) is 1.10. The van der Waals surface area contributed by atoms with Gasteiger partial charge in [0.15, 0.2) is 0 Å². The molecule has 0 aliphatic rings. The molecule has 0 fully saturated rings. The molecule has 0 radical (unpaired) electrons. The van der Waals surface area contributed by atoms with E-state index in [0.29, 0.717) is 6.54 Å². The Morgan fingerprint density at radius 2 is 2.00 bits per heavy atom. The summed E-state index contributed by atoms with van der Waals surface area (Å²) < 4.78 is 7.66. The Balaban J connectivity index is 1.71. The first-order valence-electron chi connectivity index (χ1n) is 9.05. The molecule has 6 heteroatoms. The van der Waals surface area contributed by atoms with Gasteiger partial charge in [0.05, 0.1) is 23.8 Å². The number of fused-ring (bicyclic) bond motifs is 2. The second kappa shape index (κ2) is 6.51. The number of nitrogens with zero attached hydrogens (tertiary/aromatic N) is 3. The number of nitrogens with one attached hydrogen (secondary N) is 1. The summed E-state index contributed by atoms with van der Waals surface area (Å²) in [7, 11) is 1.67. The Morgan fingerprint density at radius 3 is 2.86 bits per heavy atom. The minimum atomic E-state index is 0.472. The Kier molecular flexibility index (Phi) is 3.84. The summed E-state index contributed by atoms with van der Waals surface area (Å²) >= 11 is 0. The number of aromatic amines is 1. The summed E-state index contributed by atoms with van der Waals surface area (Å²) in [6.45, 7) is 0.472. The molecule has 0 spiro atoms. The standard InChI is InChI=1S/C22H19N5O/c1-28-21-10-14(12-23)2-5-19(21)27-13-26-18-4-3-15(11-20(18)27)16-6-8-24-22-17(16)7-9-25-22/h2-11,13H,12,23H2,1H3,(H,24,25). The van der Waals surface area contributed by atoms with Crippen LogP contribution in [0.4, 0.5) is 0 Å². The van der Waals surface area contributed by atoms with E-state index in [1.165, 1.54) is 0 Å². The zero-order valence-electron chi connectivity index (χ0n) is 15.4. The summed E-state index contributed by atoms with van der Waals surface area (Å²) in [6, 6.07) is 16.4. The number of benzene rings is 2. The van der Waals surface area contributed by atoms with Gasteiger partial charge in [-0.25, -0.2) is 9.97 Å². The molecule has 5 rings (SSSR count). The van der Waals surface area contributed by atoms with Crippen LogP contribution in [0.15, 0.2) is 67.3 Å². The van der Waals surface area contributed by atoms with Gasteiger partial charge in [0.1, 0.15) is 17.7 Å². The molecule has 0 amide bonds. The van der Waals surface area contributed by atoms with Gasteiger partial charge < -0.3 is 15.5 Å². The molecule has 3 aromatic heterocycles. The van der Waals surface area contributed by atoms with Crippen molar-refractivity contribution in [2.24, 2.45) is 5.73 Å². The van der Waals surface area contributed by atoms with E-state index in [1.54, 1.807) is 7.11 Å². The van der Waals surface area contributed by atoms with Crippen LogP contribution >= 0.6 is 0 Å². The van der Waals surface area contributed by atoms with Crippen molar-refractivity contribution in [2.45, 2.75) is 6.54 Å². The van der Waals surface area contributed by atoms with E-state index < -0.39 is 0 Å². The minimum absolute atomic E-state index is 0.472. The number of imidazole rings is 1. The lowest BCUT2D eigenvalue weighted by molar-refractivity contribution is 0.412.